The van der Waals surface area contributed by atoms with Gasteiger partial charge in [-0.05, 0) is 31.4 Å². The molecule has 7 heteroatoms. The molecule has 6 nitrogen and oxygen atoms in total. The maximum absolute atomic E-state index is 6.18. The van der Waals surface area contributed by atoms with E-state index in [2.05, 4.69) is 15.1 Å². The third-order valence-corrected chi connectivity index (χ3v) is 3.86. The second-order valence-corrected chi connectivity index (χ2v) is 5.34. The summed E-state index contributed by atoms with van der Waals surface area (Å²) in [6.45, 7) is 0. The van der Waals surface area contributed by atoms with Crippen molar-refractivity contribution in [3.8, 4) is 23.0 Å². The summed E-state index contributed by atoms with van der Waals surface area (Å²) in [7, 11) is 0. The van der Waals surface area contributed by atoms with Crippen molar-refractivity contribution in [1.29, 1.82) is 0 Å². The van der Waals surface area contributed by atoms with Crippen molar-refractivity contribution >= 4 is 12.4 Å². The molecule has 0 unspecified atom stereocenters. The molecule has 4 rings (SSSR count). The molecule has 1 saturated carbocycles. The second-order valence-electron chi connectivity index (χ2n) is 5.34. The first-order valence-corrected chi connectivity index (χ1v) is 6.89. The monoisotopic (exact) mass is 318 g/mol. The van der Waals surface area contributed by atoms with Gasteiger partial charge in [0.05, 0.1) is 5.54 Å². The van der Waals surface area contributed by atoms with Crippen LogP contribution in [0.25, 0.3) is 23.0 Å². The summed E-state index contributed by atoms with van der Waals surface area (Å²) < 4.78 is 10.7. The Kier molecular flexibility index (Phi) is 3.72. The lowest BCUT2D eigenvalue weighted by Gasteiger charge is -2.34. The number of nitrogens with two attached hydrogens (primary N) is 1. The van der Waals surface area contributed by atoms with Gasteiger partial charge in [-0.2, -0.15) is 4.98 Å². The summed E-state index contributed by atoms with van der Waals surface area (Å²) in [5.41, 5.74) is 7.17. The van der Waals surface area contributed by atoms with Crippen LogP contribution in [0.1, 0.15) is 25.1 Å². The van der Waals surface area contributed by atoms with Crippen LogP contribution in [0.15, 0.2) is 45.5 Å². The van der Waals surface area contributed by atoms with E-state index in [1.54, 1.807) is 0 Å². The summed E-state index contributed by atoms with van der Waals surface area (Å²) in [5, 5.41) is 3.98. The zero-order valence-corrected chi connectivity index (χ0v) is 12.5. The smallest absolute Gasteiger partial charge is 0.279 e. The number of oxazole rings is 1. The lowest BCUT2D eigenvalue weighted by atomic mass is 9.77. The van der Waals surface area contributed by atoms with E-state index in [9.17, 15) is 0 Å². The van der Waals surface area contributed by atoms with Gasteiger partial charge in [-0.3, -0.25) is 0 Å². The molecular weight excluding hydrogens is 304 g/mol. The largest absolute Gasteiger partial charge is 0.444 e. The van der Waals surface area contributed by atoms with Gasteiger partial charge in [0.2, 0.25) is 5.89 Å². The first-order chi connectivity index (χ1) is 10.2. The SMILES string of the molecule is Cl.NC1(c2noc(-c3coc(-c4ccccc4)n3)n2)CCC1. The van der Waals surface area contributed by atoms with Crippen molar-refractivity contribution in [2.75, 3.05) is 0 Å². The molecule has 0 amide bonds. The van der Waals surface area contributed by atoms with E-state index in [1.165, 1.54) is 6.26 Å². The molecule has 22 heavy (non-hydrogen) atoms. The van der Waals surface area contributed by atoms with Gasteiger partial charge in [-0.25, -0.2) is 4.98 Å². The molecule has 0 aliphatic heterocycles. The molecule has 0 atom stereocenters. The standard InChI is InChI=1S/C15H14N4O2.ClH/c16-15(7-4-8-15)14-18-13(21-19-14)11-9-20-12(17-11)10-5-2-1-3-6-10;/h1-3,5-6,9H,4,7-8,16H2;1H. The summed E-state index contributed by atoms with van der Waals surface area (Å²) in [6, 6.07) is 9.66. The van der Waals surface area contributed by atoms with Crippen LogP contribution >= 0.6 is 12.4 Å². The molecule has 2 aromatic heterocycles. The molecular formula is C15H15ClN4O2. The zero-order valence-electron chi connectivity index (χ0n) is 11.7. The minimum Gasteiger partial charge on any atom is -0.444 e. The zero-order chi connectivity index (χ0) is 14.3. The molecule has 1 fully saturated rings. The van der Waals surface area contributed by atoms with Gasteiger partial charge >= 0.3 is 0 Å². The minimum atomic E-state index is -0.437. The van der Waals surface area contributed by atoms with Gasteiger partial charge in [0.15, 0.2) is 11.5 Å². The molecule has 1 aliphatic carbocycles. The Morgan fingerprint density at radius 1 is 1.05 bits per heavy atom. The summed E-state index contributed by atoms with van der Waals surface area (Å²) >= 11 is 0. The summed E-state index contributed by atoms with van der Waals surface area (Å²) in [5.74, 6) is 1.41. The fraction of sp³-hybridized carbons (Fsp3) is 0.267. The molecule has 1 aliphatic rings. The fourth-order valence-corrected chi connectivity index (χ4v) is 2.40. The van der Waals surface area contributed by atoms with E-state index >= 15 is 0 Å². The first kappa shape index (κ1) is 14.7. The topological polar surface area (TPSA) is 91.0 Å². The minimum absolute atomic E-state index is 0. The highest BCUT2D eigenvalue weighted by atomic mass is 35.5. The predicted octanol–water partition coefficient (Wildman–Crippen LogP) is 3.15. The number of aromatic nitrogens is 3. The molecule has 2 N–H and O–H groups in total. The van der Waals surface area contributed by atoms with Crippen LogP contribution in [0.4, 0.5) is 0 Å². The predicted molar refractivity (Wildman–Crippen MR) is 82.2 cm³/mol. The van der Waals surface area contributed by atoms with Crippen LogP contribution in [-0.2, 0) is 5.54 Å². The van der Waals surface area contributed by atoms with Crippen LogP contribution in [0.3, 0.4) is 0 Å². The number of nitrogens with zero attached hydrogens (tertiary/aromatic N) is 3. The van der Waals surface area contributed by atoms with Gasteiger partial charge in [-0.1, -0.05) is 23.4 Å². The Labute approximate surface area is 133 Å². The third kappa shape index (κ3) is 2.40. The van der Waals surface area contributed by atoms with Gasteiger partial charge in [-0.15, -0.1) is 12.4 Å². The van der Waals surface area contributed by atoms with Crippen molar-refractivity contribution < 1.29 is 8.94 Å². The molecule has 0 bridgehead atoms. The van der Waals surface area contributed by atoms with Crippen molar-refractivity contribution in [3.63, 3.8) is 0 Å². The van der Waals surface area contributed by atoms with E-state index in [0.717, 1.165) is 24.8 Å². The maximum Gasteiger partial charge on any atom is 0.279 e. The van der Waals surface area contributed by atoms with Crippen LogP contribution < -0.4 is 5.73 Å². The lowest BCUT2D eigenvalue weighted by Crippen LogP contribution is -2.44. The fourth-order valence-electron chi connectivity index (χ4n) is 2.40. The molecule has 0 saturated heterocycles. The summed E-state index contributed by atoms with van der Waals surface area (Å²) in [6.07, 6.45) is 4.40. The quantitative estimate of drug-likeness (QED) is 0.797. The van der Waals surface area contributed by atoms with Crippen molar-refractivity contribution in [1.82, 2.24) is 15.1 Å². The second kappa shape index (κ2) is 5.55. The number of benzene rings is 1. The Balaban J connectivity index is 0.00000144. The van der Waals surface area contributed by atoms with Gasteiger partial charge in [0, 0.05) is 5.56 Å². The van der Waals surface area contributed by atoms with Crippen LogP contribution in [0.2, 0.25) is 0 Å². The average molecular weight is 319 g/mol. The number of rotatable bonds is 3. The Bertz CT molecular complexity index is 765. The molecule has 0 radical (unpaired) electrons. The number of hydrogen-bond donors (Lipinski definition) is 1. The molecule has 1 aromatic carbocycles. The Morgan fingerprint density at radius 2 is 1.82 bits per heavy atom. The van der Waals surface area contributed by atoms with Crippen molar-refractivity contribution in [2.24, 2.45) is 5.73 Å². The van der Waals surface area contributed by atoms with Gasteiger partial charge in [0.1, 0.15) is 6.26 Å². The first-order valence-electron chi connectivity index (χ1n) is 6.89. The van der Waals surface area contributed by atoms with E-state index in [1.807, 2.05) is 30.3 Å². The molecule has 0 spiro atoms. The number of hydrogen-bond acceptors (Lipinski definition) is 6. The molecule has 114 valence electrons. The Morgan fingerprint density at radius 3 is 2.50 bits per heavy atom. The van der Waals surface area contributed by atoms with Gasteiger partial charge in [0.25, 0.3) is 5.89 Å². The van der Waals surface area contributed by atoms with E-state index in [0.29, 0.717) is 23.3 Å². The van der Waals surface area contributed by atoms with Crippen LogP contribution in [0, 0.1) is 0 Å². The summed E-state index contributed by atoms with van der Waals surface area (Å²) in [4.78, 5) is 8.74. The highest BCUT2D eigenvalue weighted by Gasteiger charge is 2.39. The normalized spacial score (nSPS) is 15.9. The van der Waals surface area contributed by atoms with Crippen LogP contribution in [0.5, 0.6) is 0 Å². The van der Waals surface area contributed by atoms with E-state index in [-0.39, 0.29) is 12.4 Å². The van der Waals surface area contributed by atoms with Gasteiger partial charge < -0.3 is 14.7 Å². The molecule has 2 heterocycles. The van der Waals surface area contributed by atoms with E-state index in [4.69, 9.17) is 14.7 Å². The number of halogens is 1. The molecule has 3 aromatic rings. The highest BCUT2D eigenvalue weighted by Crippen LogP contribution is 2.37. The average Bonchev–Trinajstić information content (AvgIpc) is 3.14. The van der Waals surface area contributed by atoms with Crippen molar-refractivity contribution in [2.45, 2.75) is 24.8 Å². The van der Waals surface area contributed by atoms with Crippen LogP contribution in [-0.4, -0.2) is 15.1 Å². The lowest BCUT2D eigenvalue weighted by molar-refractivity contribution is 0.229. The third-order valence-electron chi connectivity index (χ3n) is 3.86. The highest BCUT2D eigenvalue weighted by molar-refractivity contribution is 5.85. The van der Waals surface area contributed by atoms with Crippen molar-refractivity contribution in [3.05, 3.63) is 42.4 Å². The maximum atomic E-state index is 6.18. The van der Waals surface area contributed by atoms with E-state index < -0.39 is 5.54 Å². The Hall–Kier alpha value is -2.18.